The minimum absolute atomic E-state index is 0.0679. The van der Waals surface area contributed by atoms with Crippen LogP contribution < -0.4 is 14.8 Å². The second-order valence-electron chi connectivity index (χ2n) is 5.07. The summed E-state index contributed by atoms with van der Waals surface area (Å²) in [5.74, 6) is -0.416. The summed E-state index contributed by atoms with van der Waals surface area (Å²) in [6.07, 6.45) is 0. The molecule has 0 saturated carbocycles. The third-order valence-corrected chi connectivity index (χ3v) is 3.12. The molecule has 0 aliphatic heterocycles. The van der Waals surface area contributed by atoms with Gasteiger partial charge in [0, 0.05) is 11.3 Å². The number of nitrogens with one attached hydrogen (secondary N) is 1. The predicted octanol–water partition coefficient (Wildman–Crippen LogP) is 4.17. The van der Waals surface area contributed by atoms with Crippen LogP contribution in [0.4, 0.5) is 14.5 Å². The van der Waals surface area contributed by atoms with E-state index >= 15 is 0 Å². The van der Waals surface area contributed by atoms with Gasteiger partial charge in [0.15, 0.2) is 11.5 Å². The van der Waals surface area contributed by atoms with Gasteiger partial charge in [0.25, 0.3) is 5.91 Å². The molecule has 1 N–H and O–H groups in total. The number of carbonyl (C=O) groups excluding carboxylic acids is 1. The van der Waals surface area contributed by atoms with Crippen LogP contribution in [0, 0.1) is 13.8 Å². The van der Waals surface area contributed by atoms with E-state index in [-0.39, 0.29) is 23.0 Å². The van der Waals surface area contributed by atoms with Crippen molar-refractivity contribution in [3.63, 3.8) is 0 Å². The maximum Gasteiger partial charge on any atom is 0.387 e. The van der Waals surface area contributed by atoms with E-state index in [0.29, 0.717) is 5.69 Å². The van der Waals surface area contributed by atoms with E-state index in [1.54, 1.807) is 0 Å². The fourth-order valence-electron chi connectivity index (χ4n) is 2.25. The molecule has 0 fully saturated rings. The third kappa shape index (κ3) is 4.42. The number of ether oxygens (including phenoxy) is 2. The zero-order chi connectivity index (χ0) is 17.0. The van der Waals surface area contributed by atoms with Gasteiger partial charge in [0.2, 0.25) is 0 Å². The normalized spacial score (nSPS) is 10.5. The molecule has 0 radical (unpaired) electrons. The van der Waals surface area contributed by atoms with Crippen molar-refractivity contribution >= 4 is 11.6 Å². The Kier molecular flexibility index (Phi) is 5.16. The molecule has 1 amide bonds. The summed E-state index contributed by atoms with van der Waals surface area (Å²) in [7, 11) is 1.32. The number of benzene rings is 2. The lowest BCUT2D eigenvalue weighted by Gasteiger charge is -2.12. The first-order chi connectivity index (χ1) is 10.9. The second-order valence-corrected chi connectivity index (χ2v) is 5.07. The van der Waals surface area contributed by atoms with Crippen LogP contribution in [0.25, 0.3) is 0 Å². The Balaban J connectivity index is 2.22. The van der Waals surface area contributed by atoms with E-state index in [1.807, 2.05) is 32.0 Å². The third-order valence-electron chi connectivity index (χ3n) is 3.12. The number of aryl methyl sites for hydroxylation is 2. The van der Waals surface area contributed by atoms with Gasteiger partial charge in [0.05, 0.1) is 7.11 Å². The van der Waals surface area contributed by atoms with Gasteiger partial charge in [-0.05, 0) is 55.3 Å². The molecule has 0 spiro atoms. The van der Waals surface area contributed by atoms with Gasteiger partial charge in [-0.25, -0.2) is 0 Å². The topological polar surface area (TPSA) is 47.6 Å². The molecule has 0 aromatic heterocycles. The summed E-state index contributed by atoms with van der Waals surface area (Å²) in [4.78, 5) is 12.3. The van der Waals surface area contributed by atoms with Crippen LogP contribution in [0.5, 0.6) is 11.5 Å². The Morgan fingerprint density at radius 2 is 1.70 bits per heavy atom. The number of methoxy groups -OCH3 is 1. The number of hydrogen-bond donors (Lipinski definition) is 1. The number of anilines is 1. The van der Waals surface area contributed by atoms with Crippen LogP contribution in [0.2, 0.25) is 0 Å². The van der Waals surface area contributed by atoms with Crippen molar-refractivity contribution in [1.29, 1.82) is 0 Å². The molecule has 2 rings (SSSR count). The zero-order valence-electron chi connectivity index (χ0n) is 13.0. The highest BCUT2D eigenvalue weighted by atomic mass is 19.3. The minimum atomic E-state index is -2.96. The monoisotopic (exact) mass is 321 g/mol. The average Bonchev–Trinajstić information content (AvgIpc) is 2.45. The Morgan fingerprint density at radius 1 is 1.04 bits per heavy atom. The molecule has 0 aliphatic rings. The lowest BCUT2D eigenvalue weighted by Crippen LogP contribution is -2.12. The first-order valence-electron chi connectivity index (χ1n) is 6.91. The zero-order valence-corrected chi connectivity index (χ0v) is 13.0. The highest BCUT2D eigenvalue weighted by Gasteiger charge is 2.14. The lowest BCUT2D eigenvalue weighted by molar-refractivity contribution is -0.0512. The van der Waals surface area contributed by atoms with Crippen LogP contribution in [-0.4, -0.2) is 19.6 Å². The van der Waals surface area contributed by atoms with Gasteiger partial charge in [-0.1, -0.05) is 6.07 Å². The number of alkyl halides is 2. The summed E-state index contributed by atoms with van der Waals surface area (Å²) in [5, 5.41) is 2.77. The fraction of sp³-hybridized carbons (Fsp3) is 0.235. The quantitative estimate of drug-likeness (QED) is 0.899. The molecule has 0 unspecified atom stereocenters. The van der Waals surface area contributed by atoms with Crippen molar-refractivity contribution in [2.45, 2.75) is 20.5 Å². The van der Waals surface area contributed by atoms with E-state index in [9.17, 15) is 13.6 Å². The van der Waals surface area contributed by atoms with Crippen molar-refractivity contribution in [2.75, 3.05) is 12.4 Å². The number of amides is 1. The molecule has 0 aliphatic carbocycles. The van der Waals surface area contributed by atoms with Gasteiger partial charge in [-0.3, -0.25) is 4.79 Å². The summed E-state index contributed by atoms with van der Waals surface area (Å²) in [5.41, 5.74) is 3.00. The smallest absolute Gasteiger partial charge is 0.387 e. The van der Waals surface area contributed by atoms with Crippen LogP contribution in [0.1, 0.15) is 21.5 Å². The number of carbonyl (C=O) groups is 1. The van der Waals surface area contributed by atoms with Crippen LogP contribution >= 0.6 is 0 Å². The van der Waals surface area contributed by atoms with Crippen LogP contribution in [0.15, 0.2) is 36.4 Å². The fourth-order valence-corrected chi connectivity index (χ4v) is 2.25. The highest BCUT2D eigenvalue weighted by molar-refractivity contribution is 6.04. The molecule has 23 heavy (non-hydrogen) atoms. The largest absolute Gasteiger partial charge is 0.493 e. The first-order valence-corrected chi connectivity index (χ1v) is 6.91. The van der Waals surface area contributed by atoms with E-state index in [1.165, 1.54) is 25.3 Å². The maximum absolute atomic E-state index is 12.3. The van der Waals surface area contributed by atoms with Gasteiger partial charge < -0.3 is 14.8 Å². The van der Waals surface area contributed by atoms with Gasteiger partial charge in [-0.2, -0.15) is 8.78 Å². The SMILES string of the molecule is COc1cc(C(=O)Nc2cc(C)cc(C)c2)ccc1OC(F)F. The lowest BCUT2D eigenvalue weighted by atomic mass is 10.1. The summed E-state index contributed by atoms with van der Waals surface area (Å²) in [6, 6.07) is 9.72. The minimum Gasteiger partial charge on any atom is -0.493 e. The molecule has 0 heterocycles. The van der Waals surface area contributed by atoms with E-state index < -0.39 is 6.61 Å². The molecule has 0 saturated heterocycles. The van der Waals surface area contributed by atoms with Gasteiger partial charge in [-0.15, -0.1) is 0 Å². The second kappa shape index (κ2) is 7.09. The van der Waals surface area contributed by atoms with Crippen molar-refractivity contribution in [3.8, 4) is 11.5 Å². The maximum atomic E-state index is 12.3. The Morgan fingerprint density at radius 3 is 2.26 bits per heavy atom. The van der Waals surface area contributed by atoms with Gasteiger partial charge in [0.1, 0.15) is 0 Å². The first kappa shape index (κ1) is 16.7. The van der Waals surface area contributed by atoms with Crippen molar-refractivity contribution in [2.24, 2.45) is 0 Å². The molecular formula is C17H17F2NO3. The predicted molar refractivity (Wildman–Crippen MR) is 83.5 cm³/mol. The molecule has 2 aromatic rings. The van der Waals surface area contributed by atoms with Crippen molar-refractivity contribution < 1.29 is 23.0 Å². The van der Waals surface area contributed by atoms with Gasteiger partial charge >= 0.3 is 6.61 Å². The molecule has 6 heteroatoms. The summed E-state index contributed by atoms with van der Waals surface area (Å²) >= 11 is 0. The van der Waals surface area contributed by atoms with E-state index in [2.05, 4.69) is 10.1 Å². The Bertz CT molecular complexity index is 697. The molecule has 0 atom stereocenters. The van der Waals surface area contributed by atoms with E-state index in [4.69, 9.17) is 4.74 Å². The Hall–Kier alpha value is -2.63. The average molecular weight is 321 g/mol. The van der Waals surface area contributed by atoms with Crippen LogP contribution in [0.3, 0.4) is 0 Å². The van der Waals surface area contributed by atoms with Crippen molar-refractivity contribution in [1.82, 2.24) is 0 Å². The number of hydrogen-bond acceptors (Lipinski definition) is 3. The molecule has 122 valence electrons. The van der Waals surface area contributed by atoms with Crippen molar-refractivity contribution in [3.05, 3.63) is 53.1 Å². The number of rotatable bonds is 5. The highest BCUT2D eigenvalue weighted by Crippen LogP contribution is 2.29. The standard InChI is InChI=1S/C17H17F2NO3/c1-10-6-11(2)8-13(7-10)20-16(21)12-4-5-14(23-17(18)19)15(9-12)22-3/h4-9,17H,1-3H3,(H,20,21). The molecular weight excluding hydrogens is 304 g/mol. The number of halogens is 2. The summed E-state index contributed by atoms with van der Waals surface area (Å²) < 4.78 is 33.9. The molecule has 2 aromatic carbocycles. The summed E-state index contributed by atoms with van der Waals surface area (Å²) in [6.45, 7) is 0.906. The van der Waals surface area contributed by atoms with E-state index in [0.717, 1.165) is 11.1 Å². The van der Waals surface area contributed by atoms with Crippen LogP contribution in [-0.2, 0) is 0 Å². The molecule has 0 bridgehead atoms. The molecule has 4 nitrogen and oxygen atoms in total. The Labute approximate surface area is 133 Å².